The number of esters is 1. The SMILES string of the molecule is COC(=O)c1ccc(CC2=NC(C(O[Si](C)(C)C(C)(C)C)c3ccc(Cl)cc3)SC2)cc1. The van der Waals surface area contributed by atoms with E-state index in [-0.39, 0.29) is 22.5 Å². The van der Waals surface area contributed by atoms with E-state index in [1.165, 1.54) is 7.11 Å². The maximum absolute atomic E-state index is 11.7. The zero-order valence-corrected chi connectivity index (χ0v) is 22.2. The third-order valence-electron chi connectivity index (χ3n) is 6.20. The van der Waals surface area contributed by atoms with Gasteiger partial charge in [-0.15, -0.1) is 11.8 Å². The van der Waals surface area contributed by atoms with Crippen molar-refractivity contribution in [2.24, 2.45) is 4.99 Å². The summed E-state index contributed by atoms with van der Waals surface area (Å²) in [6.07, 6.45) is 0.649. The highest BCUT2D eigenvalue weighted by atomic mass is 35.5. The van der Waals surface area contributed by atoms with Gasteiger partial charge in [-0.1, -0.05) is 56.6 Å². The molecule has 0 spiro atoms. The molecule has 0 fully saturated rings. The first-order valence-electron chi connectivity index (χ1n) is 10.8. The summed E-state index contributed by atoms with van der Waals surface area (Å²) in [5.41, 5.74) is 3.95. The van der Waals surface area contributed by atoms with E-state index in [9.17, 15) is 4.79 Å². The Bertz CT molecular complexity index is 968. The summed E-state index contributed by atoms with van der Waals surface area (Å²) in [7, 11) is -0.615. The van der Waals surface area contributed by atoms with Gasteiger partial charge in [0.15, 0.2) is 8.32 Å². The van der Waals surface area contributed by atoms with Crippen LogP contribution in [0.25, 0.3) is 0 Å². The topological polar surface area (TPSA) is 47.9 Å². The van der Waals surface area contributed by atoms with Gasteiger partial charge in [0.25, 0.3) is 0 Å². The van der Waals surface area contributed by atoms with Gasteiger partial charge in [-0.2, -0.15) is 0 Å². The lowest BCUT2D eigenvalue weighted by atomic mass is 10.1. The number of carbonyl (C=O) groups is 1. The molecule has 0 saturated carbocycles. The molecule has 4 nitrogen and oxygen atoms in total. The second kappa shape index (κ2) is 10.1. The lowest BCUT2D eigenvalue weighted by molar-refractivity contribution is 0.0600. The van der Waals surface area contributed by atoms with Gasteiger partial charge in [-0.3, -0.25) is 4.99 Å². The number of benzene rings is 2. The van der Waals surface area contributed by atoms with E-state index in [1.807, 2.05) is 36.0 Å². The first kappa shape index (κ1) is 25.0. The fraction of sp³-hybridized carbons (Fsp3) is 0.440. The van der Waals surface area contributed by atoms with E-state index in [0.29, 0.717) is 5.56 Å². The first-order valence-corrected chi connectivity index (χ1v) is 15.1. The molecule has 32 heavy (non-hydrogen) atoms. The first-order chi connectivity index (χ1) is 15.0. The minimum atomic E-state index is -2.01. The van der Waals surface area contributed by atoms with Crippen molar-refractivity contribution in [3.8, 4) is 0 Å². The quantitative estimate of drug-likeness (QED) is 0.312. The Morgan fingerprint density at radius 2 is 1.78 bits per heavy atom. The lowest BCUT2D eigenvalue weighted by Gasteiger charge is -2.40. The molecule has 2 aromatic rings. The number of halogens is 1. The average molecular weight is 490 g/mol. The number of hydrogen-bond acceptors (Lipinski definition) is 5. The second-order valence-electron chi connectivity index (χ2n) is 9.61. The Morgan fingerprint density at radius 1 is 1.16 bits per heavy atom. The molecule has 2 aromatic carbocycles. The Hall–Kier alpha value is -1.60. The maximum atomic E-state index is 11.7. The van der Waals surface area contributed by atoms with Crippen molar-refractivity contribution < 1.29 is 14.0 Å². The molecule has 1 aliphatic rings. The van der Waals surface area contributed by atoms with Crippen molar-refractivity contribution in [2.75, 3.05) is 12.9 Å². The third-order valence-corrected chi connectivity index (χ3v) is 12.1. The molecule has 1 heterocycles. The highest BCUT2D eigenvalue weighted by Crippen LogP contribution is 2.44. The minimum Gasteiger partial charge on any atom is -0.465 e. The average Bonchev–Trinajstić information content (AvgIpc) is 3.20. The van der Waals surface area contributed by atoms with E-state index in [2.05, 4.69) is 46.0 Å². The molecule has 0 amide bonds. The number of rotatable bonds is 7. The molecule has 2 atom stereocenters. The van der Waals surface area contributed by atoms with E-state index < -0.39 is 8.32 Å². The Balaban J connectivity index is 1.81. The number of thioether (sulfide) groups is 1. The number of aliphatic imine (C=N–C) groups is 1. The van der Waals surface area contributed by atoms with Crippen LogP contribution in [0.3, 0.4) is 0 Å². The molecule has 7 heteroatoms. The van der Waals surface area contributed by atoms with E-state index in [4.69, 9.17) is 25.8 Å². The van der Waals surface area contributed by atoms with E-state index >= 15 is 0 Å². The molecule has 1 aliphatic heterocycles. The van der Waals surface area contributed by atoms with Gasteiger partial charge in [-0.05, 0) is 53.5 Å². The summed E-state index contributed by atoms with van der Waals surface area (Å²) in [5, 5.41) is 0.836. The van der Waals surface area contributed by atoms with E-state index in [1.54, 1.807) is 12.1 Å². The summed E-state index contributed by atoms with van der Waals surface area (Å²) in [5.74, 6) is 0.549. The molecule has 2 unspecified atom stereocenters. The fourth-order valence-corrected chi connectivity index (χ4v) is 5.87. The third kappa shape index (κ3) is 6.04. The van der Waals surface area contributed by atoms with Gasteiger partial charge in [-0.25, -0.2) is 4.79 Å². The summed E-state index contributed by atoms with van der Waals surface area (Å²) >= 11 is 7.97. The van der Waals surface area contributed by atoms with Gasteiger partial charge in [0.05, 0.1) is 12.7 Å². The van der Waals surface area contributed by atoms with Crippen LogP contribution in [0.4, 0.5) is 0 Å². The number of hydrogen-bond donors (Lipinski definition) is 0. The molecule has 0 saturated heterocycles. The van der Waals surface area contributed by atoms with Crippen molar-refractivity contribution in [3.63, 3.8) is 0 Å². The van der Waals surface area contributed by atoms with Crippen LogP contribution in [0.2, 0.25) is 23.2 Å². The van der Waals surface area contributed by atoms with Gasteiger partial charge >= 0.3 is 5.97 Å². The Morgan fingerprint density at radius 3 is 2.34 bits per heavy atom. The van der Waals surface area contributed by atoms with Crippen LogP contribution in [0, 0.1) is 0 Å². The largest absolute Gasteiger partial charge is 0.465 e. The molecule has 0 N–H and O–H groups in total. The molecular formula is C25H32ClNO3SSi. The zero-order chi connectivity index (χ0) is 23.5. The van der Waals surface area contributed by atoms with Crippen molar-refractivity contribution in [1.82, 2.24) is 0 Å². The van der Waals surface area contributed by atoms with Gasteiger partial charge in [0.2, 0.25) is 0 Å². The van der Waals surface area contributed by atoms with E-state index in [0.717, 1.165) is 34.0 Å². The molecule has 172 valence electrons. The van der Waals surface area contributed by atoms with Crippen LogP contribution >= 0.6 is 23.4 Å². The standard InChI is InChI=1S/C25H32ClNO3SSi/c1-25(2,3)32(5,6)30-22(18-11-13-20(26)14-12-18)23-27-21(16-31-23)15-17-7-9-19(10-8-17)24(28)29-4/h7-14,22-23H,15-16H2,1-6H3. The molecule has 3 rings (SSSR count). The van der Waals surface area contributed by atoms with Crippen LogP contribution in [0.15, 0.2) is 53.5 Å². The molecule has 0 aromatic heterocycles. The van der Waals surface area contributed by atoms with Crippen molar-refractivity contribution >= 4 is 43.4 Å². The summed E-state index contributed by atoms with van der Waals surface area (Å²) in [6, 6.07) is 15.5. The van der Waals surface area contributed by atoms with Crippen LogP contribution in [0.1, 0.15) is 48.4 Å². The number of carbonyl (C=O) groups excluding carboxylic acids is 1. The normalized spacial score (nSPS) is 17.7. The maximum Gasteiger partial charge on any atom is 0.337 e. The zero-order valence-electron chi connectivity index (χ0n) is 19.6. The van der Waals surface area contributed by atoms with Crippen LogP contribution in [-0.2, 0) is 15.6 Å². The predicted molar refractivity (Wildman–Crippen MR) is 138 cm³/mol. The highest BCUT2D eigenvalue weighted by molar-refractivity contribution is 8.00. The van der Waals surface area contributed by atoms with Crippen LogP contribution < -0.4 is 0 Å². The summed E-state index contributed by atoms with van der Waals surface area (Å²) in [6.45, 7) is 11.3. The van der Waals surface area contributed by atoms with Crippen molar-refractivity contribution in [3.05, 3.63) is 70.2 Å². The number of methoxy groups -OCH3 is 1. The number of ether oxygens (including phenoxy) is 1. The molecule has 0 aliphatic carbocycles. The fourth-order valence-electron chi connectivity index (χ4n) is 3.24. The minimum absolute atomic E-state index is 0.00893. The lowest BCUT2D eigenvalue weighted by Crippen LogP contribution is -2.43. The van der Waals surface area contributed by atoms with Gasteiger partial charge < -0.3 is 9.16 Å². The van der Waals surface area contributed by atoms with Crippen LogP contribution in [0.5, 0.6) is 0 Å². The molecular weight excluding hydrogens is 458 g/mol. The Kier molecular flexibility index (Phi) is 7.92. The summed E-state index contributed by atoms with van der Waals surface area (Å²) < 4.78 is 11.7. The van der Waals surface area contributed by atoms with Crippen LogP contribution in [-0.4, -0.2) is 38.2 Å². The predicted octanol–water partition coefficient (Wildman–Crippen LogP) is 6.95. The summed E-state index contributed by atoms with van der Waals surface area (Å²) in [4.78, 5) is 16.7. The molecule has 0 bridgehead atoms. The molecule has 0 radical (unpaired) electrons. The van der Waals surface area contributed by atoms with Crippen molar-refractivity contribution in [1.29, 1.82) is 0 Å². The monoisotopic (exact) mass is 489 g/mol. The second-order valence-corrected chi connectivity index (χ2v) is 15.9. The number of nitrogens with zero attached hydrogens (tertiary/aromatic N) is 1. The highest BCUT2D eigenvalue weighted by Gasteiger charge is 2.42. The Labute approximate surface area is 201 Å². The smallest absolute Gasteiger partial charge is 0.337 e. The van der Waals surface area contributed by atoms with Gasteiger partial charge in [0, 0.05) is 22.9 Å². The van der Waals surface area contributed by atoms with Crippen molar-refractivity contribution in [2.45, 2.75) is 56.8 Å². The van der Waals surface area contributed by atoms with Gasteiger partial charge in [0.1, 0.15) is 11.5 Å².